The van der Waals surface area contributed by atoms with Crippen LogP contribution in [0.15, 0.2) is 0 Å². The molecule has 0 atom stereocenters. The number of hydrogen-bond acceptors (Lipinski definition) is 4. The second-order valence-electron chi connectivity index (χ2n) is 6.94. The number of nitrogens with zero attached hydrogens (tertiary/aromatic N) is 1. The molecular weight excluding hydrogens is 244 g/mol. The molecular formula is C14H26N2O3. The predicted molar refractivity (Wildman–Crippen MR) is 73.0 cm³/mol. The summed E-state index contributed by atoms with van der Waals surface area (Å²) in [5, 5.41) is 13.2. The number of rotatable bonds is 2. The molecule has 5 heteroatoms. The Hall–Kier alpha value is -0.810. The molecule has 2 saturated heterocycles. The molecule has 19 heavy (non-hydrogen) atoms. The van der Waals surface area contributed by atoms with Gasteiger partial charge in [-0.25, -0.2) is 4.79 Å². The number of aliphatic hydroxyl groups is 1. The number of piperidine rings is 1. The topological polar surface area (TPSA) is 61.8 Å². The number of hydrogen-bond donors (Lipinski definition) is 2. The van der Waals surface area contributed by atoms with Gasteiger partial charge < -0.3 is 20.1 Å². The maximum absolute atomic E-state index is 11.9. The molecule has 0 bridgehead atoms. The molecule has 0 unspecified atom stereocenters. The minimum Gasteiger partial charge on any atom is -0.444 e. The van der Waals surface area contributed by atoms with Crippen LogP contribution in [0.25, 0.3) is 0 Å². The third-order valence-corrected chi connectivity index (χ3v) is 3.84. The molecule has 2 rings (SSSR count). The van der Waals surface area contributed by atoms with Gasteiger partial charge >= 0.3 is 6.09 Å². The summed E-state index contributed by atoms with van der Waals surface area (Å²) in [5.74, 6) is 0.519. The molecule has 0 saturated carbocycles. The van der Waals surface area contributed by atoms with Gasteiger partial charge in [0.05, 0.1) is 5.60 Å². The molecule has 2 N–H and O–H groups in total. The highest BCUT2D eigenvalue weighted by Crippen LogP contribution is 2.29. The first-order valence-electron chi connectivity index (χ1n) is 7.18. The SMILES string of the molecule is CC(C)(C)OC(=O)N1CCC(CC2(O)CNC2)CC1. The average molecular weight is 270 g/mol. The molecule has 2 aliphatic rings. The van der Waals surface area contributed by atoms with Gasteiger partial charge in [-0.05, 0) is 46.0 Å². The van der Waals surface area contributed by atoms with Crippen molar-refractivity contribution in [3.8, 4) is 0 Å². The number of carbonyl (C=O) groups excluding carboxylic acids is 1. The number of amides is 1. The van der Waals surface area contributed by atoms with Gasteiger partial charge in [-0.15, -0.1) is 0 Å². The second kappa shape index (κ2) is 5.29. The van der Waals surface area contributed by atoms with Crippen LogP contribution in [0.5, 0.6) is 0 Å². The molecule has 110 valence electrons. The molecule has 0 spiro atoms. The smallest absolute Gasteiger partial charge is 0.410 e. The minimum atomic E-state index is -0.501. The van der Waals surface area contributed by atoms with E-state index in [2.05, 4.69) is 5.32 Å². The first kappa shape index (κ1) is 14.6. The van der Waals surface area contributed by atoms with Crippen LogP contribution in [0.2, 0.25) is 0 Å². The summed E-state index contributed by atoms with van der Waals surface area (Å²) in [4.78, 5) is 13.7. The van der Waals surface area contributed by atoms with Crippen LogP contribution in [0.1, 0.15) is 40.0 Å². The van der Waals surface area contributed by atoms with Crippen molar-refractivity contribution in [1.82, 2.24) is 10.2 Å². The standard InChI is InChI=1S/C14H26N2O3/c1-13(2,3)19-12(17)16-6-4-11(5-7-16)8-14(18)9-15-10-14/h11,15,18H,4-10H2,1-3H3. The third kappa shape index (κ3) is 4.08. The molecule has 1 amide bonds. The fraction of sp³-hybridized carbons (Fsp3) is 0.929. The fourth-order valence-electron chi connectivity index (χ4n) is 2.74. The molecule has 2 heterocycles. The van der Waals surface area contributed by atoms with Crippen LogP contribution < -0.4 is 5.32 Å². The Kier molecular flexibility index (Phi) is 4.06. The van der Waals surface area contributed by atoms with E-state index in [1.54, 1.807) is 4.90 Å². The Balaban J connectivity index is 1.74. The molecule has 0 aromatic heterocycles. The van der Waals surface area contributed by atoms with E-state index in [1.165, 1.54) is 0 Å². The van der Waals surface area contributed by atoms with Crippen molar-refractivity contribution in [2.45, 2.75) is 51.2 Å². The van der Waals surface area contributed by atoms with Crippen LogP contribution >= 0.6 is 0 Å². The Labute approximate surface area is 115 Å². The highest BCUT2D eigenvalue weighted by Gasteiger charge is 2.38. The first-order chi connectivity index (χ1) is 8.77. The van der Waals surface area contributed by atoms with Crippen molar-refractivity contribution in [2.75, 3.05) is 26.2 Å². The van der Waals surface area contributed by atoms with E-state index in [9.17, 15) is 9.90 Å². The summed E-state index contributed by atoms with van der Waals surface area (Å²) >= 11 is 0. The van der Waals surface area contributed by atoms with E-state index in [0.29, 0.717) is 19.0 Å². The van der Waals surface area contributed by atoms with Gasteiger partial charge in [0.15, 0.2) is 0 Å². The summed E-state index contributed by atoms with van der Waals surface area (Å²) in [6, 6.07) is 0. The van der Waals surface area contributed by atoms with E-state index in [0.717, 1.165) is 32.4 Å². The quantitative estimate of drug-likeness (QED) is 0.795. The number of ether oxygens (including phenoxy) is 1. The zero-order valence-corrected chi connectivity index (χ0v) is 12.2. The summed E-state index contributed by atoms with van der Waals surface area (Å²) in [5.41, 5.74) is -0.931. The van der Waals surface area contributed by atoms with Gasteiger partial charge in [0.1, 0.15) is 5.60 Å². The maximum Gasteiger partial charge on any atom is 0.410 e. The lowest BCUT2D eigenvalue weighted by molar-refractivity contribution is -0.0385. The fourth-order valence-corrected chi connectivity index (χ4v) is 2.74. The van der Waals surface area contributed by atoms with E-state index in [-0.39, 0.29) is 6.09 Å². The molecule has 2 aliphatic heterocycles. The van der Waals surface area contributed by atoms with Crippen LogP contribution in [-0.4, -0.2) is 53.5 Å². The molecule has 5 nitrogen and oxygen atoms in total. The Morgan fingerprint density at radius 3 is 2.37 bits per heavy atom. The Morgan fingerprint density at radius 1 is 1.37 bits per heavy atom. The second-order valence-corrected chi connectivity index (χ2v) is 6.94. The van der Waals surface area contributed by atoms with Crippen molar-refractivity contribution in [2.24, 2.45) is 5.92 Å². The number of likely N-dealkylation sites (tertiary alicyclic amines) is 1. The normalized spacial score (nSPS) is 23.9. The largest absolute Gasteiger partial charge is 0.444 e. The average Bonchev–Trinajstić information content (AvgIpc) is 2.25. The molecule has 2 fully saturated rings. The molecule has 0 aromatic carbocycles. The van der Waals surface area contributed by atoms with Crippen molar-refractivity contribution >= 4 is 6.09 Å². The highest BCUT2D eigenvalue weighted by molar-refractivity contribution is 5.68. The maximum atomic E-state index is 11.9. The van der Waals surface area contributed by atoms with Gasteiger partial charge in [-0.3, -0.25) is 0 Å². The molecule has 0 aliphatic carbocycles. The van der Waals surface area contributed by atoms with Gasteiger partial charge in [0.25, 0.3) is 0 Å². The Bertz CT molecular complexity index is 326. The van der Waals surface area contributed by atoms with E-state index >= 15 is 0 Å². The van der Waals surface area contributed by atoms with Crippen molar-refractivity contribution in [3.05, 3.63) is 0 Å². The lowest BCUT2D eigenvalue weighted by atomic mass is 9.81. The summed E-state index contributed by atoms with van der Waals surface area (Å²) in [6.07, 6.45) is 2.56. The van der Waals surface area contributed by atoms with Crippen LogP contribution in [0.4, 0.5) is 4.79 Å². The summed E-state index contributed by atoms with van der Waals surface area (Å²) in [7, 11) is 0. The Morgan fingerprint density at radius 2 is 1.95 bits per heavy atom. The van der Waals surface area contributed by atoms with Crippen molar-refractivity contribution < 1.29 is 14.6 Å². The number of carbonyl (C=O) groups is 1. The zero-order chi connectivity index (χ0) is 14.1. The summed E-state index contributed by atoms with van der Waals surface area (Å²) < 4.78 is 5.37. The lowest BCUT2D eigenvalue weighted by Crippen LogP contribution is -2.60. The van der Waals surface area contributed by atoms with Crippen LogP contribution in [-0.2, 0) is 4.74 Å². The van der Waals surface area contributed by atoms with Gasteiger partial charge in [-0.1, -0.05) is 0 Å². The van der Waals surface area contributed by atoms with Crippen molar-refractivity contribution in [1.29, 1.82) is 0 Å². The summed E-state index contributed by atoms with van der Waals surface area (Å²) in [6.45, 7) is 8.55. The molecule has 0 aromatic rings. The van der Waals surface area contributed by atoms with Gasteiger partial charge in [0, 0.05) is 26.2 Å². The molecule has 0 radical (unpaired) electrons. The van der Waals surface area contributed by atoms with Gasteiger partial charge in [0.2, 0.25) is 0 Å². The highest BCUT2D eigenvalue weighted by atomic mass is 16.6. The zero-order valence-electron chi connectivity index (χ0n) is 12.2. The minimum absolute atomic E-state index is 0.213. The lowest BCUT2D eigenvalue weighted by Gasteiger charge is -2.42. The monoisotopic (exact) mass is 270 g/mol. The van der Waals surface area contributed by atoms with Gasteiger partial charge in [-0.2, -0.15) is 0 Å². The van der Waals surface area contributed by atoms with E-state index in [1.807, 2.05) is 20.8 Å². The van der Waals surface area contributed by atoms with Crippen molar-refractivity contribution in [3.63, 3.8) is 0 Å². The predicted octanol–water partition coefficient (Wildman–Crippen LogP) is 1.36. The number of nitrogens with one attached hydrogen (secondary N) is 1. The van der Waals surface area contributed by atoms with Crippen LogP contribution in [0, 0.1) is 5.92 Å². The number of β-amino-alcohol motifs (C(OH)–C–C–N with tert-alkyl or cyclic N) is 1. The third-order valence-electron chi connectivity index (χ3n) is 3.84. The van der Waals surface area contributed by atoms with E-state index < -0.39 is 11.2 Å². The first-order valence-corrected chi connectivity index (χ1v) is 7.18. The van der Waals surface area contributed by atoms with Crippen LogP contribution in [0.3, 0.4) is 0 Å². The van der Waals surface area contributed by atoms with E-state index in [4.69, 9.17) is 4.74 Å².